The smallest absolute Gasteiger partial charge is 0.119 e. The molecule has 0 aliphatic heterocycles. The van der Waals surface area contributed by atoms with Gasteiger partial charge >= 0.3 is 0 Å². The van der Waals surface area contributed by atoms with Gasteiger partial charge in [-0.3, -0.25) is 0 Å². The maximum Gasteiger partial charge on any atom is 0.119 e. The lowest BCUT2D eigenvalue weighted by Crippen LogP contribution is -2.07. The van der Waals surface area contributed by atoms with Gasteiger partial charge in [0.15, 0.2) is 0 Å². The third-order valence-electron chi connectivity index (χ3n) is 2.57. The van der Waals surface area contributed by atoms with Gasteiger partial charge in [0.05, 0.1) is 7.11 Å². The average Bonchev–Trinajstić information content (AvgIpc) is 2.42. The largest absolute Gasteiger partial charge is 0.497 e. The highest BCUT2D eigenvalue weighted by Gasteiger charge is 2.04. The highest BCUT2D eigenvalue weighted by atomic mass is 16.5. The number of rotatable bonds is 4. The number of ether oxygens (including phenoxy) is 1. The Hall–Kier alpha value is -2.22. The second-order valence-corrected chi connectivity index (χ2v) is 3.59. The van der Waals surface area contributed by atoms with Crippen molar-refractivity contribution >= 4 is 11.4 Å². The number of hydrogen-bond acceptors (Lipinski definition) is 2. The van der Waals surface area contributed by atoms with Crippen molar-refractivity contribution in [1.82, 2.24) is 0 Å². The Balaban J connectivity index is 2.32. The first-order valence-electron chi connectivity index (χ1n) is 5.46. The molecule has 2 aromatic rings. The Morgan fingerprint density at radius 3 is 2.06 bits per heavy atom. The van der Waals surface area contributed by atoms with E-state index in [0.29, 0.717) is 0 Å². The molecule has 0 radical (unpaired) electrons. The Bertz CT molecular complexity index is 476. The van der Waals surface area contributed by atoms with E-state index in [-0.39, 0.29) is 0 Å². The molecule has 0 heterocycles. The zero-order valence-electron chi connectivity index (χ0n) is 9.84. The standard InChI is InChI=1S/C15H15NO/c1-3-16(13-7-5-4-6-8-13)14-9-11-15(17-2)12-10-14/h3-12H,1H2,2H3. The molecular weight excluding hydrogens is 210 g/mol. The third kappa shape index (κ3) is 2.48. The normalized spacial score (nSPS) is 9.71. The van der Waals surface area contributed by atoms with Crippen LogP contribution in [0.25, 0.3) is 0 Å². The SMILES string of the molecule is C=CN(c1ccccc1)c1ccc(OC)cc1. The molecule has 0 saturated carbocycles. The molecule has 17 heavy (non-hydrogen) atoms. The first-order valence-corrected chi connectivity index (χ1v) is 5.46. The molecule has 0 atom stereocenters. The van der Waals surface area contributed by atoms with Crippen molar-refractivity contribution in [1.29, 1.82) is 0 Å². The third-order valence-corrected chi connectivity index (χ3v) is 2.57. The van der Waals surface area contributed by atoms with Gasteiger partial charge in [0.2, 0.25) is 0 Å². The van der Waals surface area contributed by atoms with Crippen LogP contribution in [0.1, 0.15) is 0 Å². The topological polar surface area (TPSA) is 12.5 Å². The average molecular weight is 225 g/mol. The van der Waals surface area contributed by atoms with Gasteiger partial charge < -0.3 is 9.64 Å². The highest BCUT2D eigenvalue weighted by Crippen LogP contribution is 2.26. The minimum atomic E-state index is 0.853. The molecule has 0 fully saturated rings. The monoisotopic (exact) mass is 225 g/mol. The fourth-order valence-corrected chi connectivity index (χ4v) is 1.69. The second-order valence-electron chi connectivity index (χ2n) is 3.59. The summed E-state index contributed by atoms with van der Waals surface area (Å²) in [7, 11) is 1.66. The predicted molar refractivity (Wildman–Crippen MR) is 71.8 cm³/mol. The van der Waals surface area contributed by atoms with Gasteiger partial charge in [-0.1, -0.05) is 24.8 Å². The van der Waals surface area contributed by atoms with E-state index in [4.69, 9.17) is 4.74 Å². The molecule has 86 valence electrons. The maximum atomic E-state index is 5.14. The number of nitrogens with zero attached hydrogens (tertiary/aromatic N) is 1. The molecule has 2 nitrogen and oxygen atoms in total. The van der Waals surface area contributed by atoms with E-state index in [0.717, 1.165) is 17.1 Å². The van der Waals surface area contributed by atoms with Gasteiger partial charge in [-0.15, -0.1) is 0 Å². The van der Waals surface area contributed by atoms with Gasteiger partial charge in [-0.25, -0.2) is 0 Å². The van der Waals surface area contributed by atoms with Crippen LogP contribution in [0.15, 0.2) is 67.4 Å². The van der Waals surface area contributed by atoms with E-state index >= 15 is 0 Å². The lowest BCUT2D eigenvalue weighted by atomic mass is 10.2. The van der Waals surface area contributed by atoms with Gasteiger partial charge in [0.25, 0.3) is 0 Å². The molecule has 0 unspecified atom stereocenters. The van der Waals surface area contributed by atoms with Crippen LogP contribution in [0.5, 0.6) is 5.75 Å². The van der Waals surface area contributed by atoms with Crippen LogP contribution >= 0.6 is 0 Å². The molecule has 2 aromatic carbocycles. The van der Waals surface area contributed by atoms with Gasteiger partial charge in [-0.05, 0) is 36.4 Å². The number of para-hydroxylation sites is 1. The number of anilines is 2. The summed E-state index contributed by atoms with van der Waals surface area (Å²) in [6, 6.07) is 18.0. The summed E-state index contributed by atoms with van der Waals surface area (Å²) < 4.78 is 5.14. The molecule has 0 N–H and O–H groups in total. The summed E-state index contributed by atoms with van der Waals surface area (Å²) in [4.78, 5) is 2.03. The summed E-state index contributed by atoms with van der Waals surface area (Å²) in [5, 5.41) is 0. The number of hydrogen-bond donors (Lipinski definition) is 0. The predicted octanol–water partition coefficient (Wildman–Crippen LogP) is 3.98. The van der Waals surface area contributed by atoms with Crippen molar-refractivity contribution in [2.75, 3.05) is 12.0 Å². The summed E-state index contributed by atoms with van der Waals surface area (Å²) in [5.74, 6) is 0.853. The highest BCUT2D eigenvalue weighted by molar-refractivity contribution is 5.66. The van der Waals surface area contributed by atoms with Crippen LogP contribution < -0.4 is 9.64 Å². The molecule has 0 bridgehead atoms. The molecule has 0 saturated heterocycles. The van der Waals surface area contributed by atoms with Gasteiger partial charge in [0, 0.05) is 17.6 Å². The summed E-state index contributed by atoms with van der Waals surface area (Å²) in [5.41, 5.74) is 2.15. The fraction of sp³-hybridized carbons (Fsp3) is 0.0667. The van der Waals surface area contributed by atoms with E-state index in [1.807, 2.05) is 59.5 Å². The van der Waals surface area contributed by atoms with Crippen LogP contribution in [-0.2, 0) is 0 Å². The molecule has 0 aliphatic carbocycles. The minimum Gasteiger partial charge on any atom is -0.497 e. The zero-order chi connectivity index (χ0) is 12.1. The molecule has 0 spiro atoms. The Morgan fingerprint density at radius 2 is 1.53 bits per heavy atom. The minimum absolute atomic E-state index is 0.853. The van der Waals surface area contributed by atoms with Crippen molar-refractivity contribution in [3.05, 3.63) is 67.4 Å². The van der Waals surface area contributed by atoms with E-state index in [1.165, 1.54) is 0 Å². The van der Waals surface area contributed by atoms with Crippen molar-refractivity contribution in [3.8, 4) is 5.75 Å². The number of benzene rings is 2. The van der Waals surface area contributed by atoms with Crippen LogP contribution in [0, 0.1) is 0 Å². The van der Waals surface area contributed by atoms with Crippen molar-refractivity contribution in [3.63, 3.8) is 0 Å². The Kier molecular flexibility index (Phi) is 3.46. The van der Waals surface area contributed by atoms with E-state index < -0.39 is 0 Å². The lowest BCUT2D eigenvalue weighted by Gasteiger charge is -2.20. The van der Waals surface area contributed by atoms with Crippen molar-refractivity contribution in [2.24, 2.45) is 0 Å². The lowest BCUT2D eigenvalue weighted by molar-refractivity contribution is 0.415. The maximum absolute atomic E-state index is 5.14. The quantitative estimate of drug-likeness (QED) is 0.780. The molecular formula is C15H15NO. The van der Waals surface area contributed by atoms with Crippen LogP contribution in [-0.4, -0.2) is 7.11 Å². The van der Waals surface area contributed by atoms with Crippen molar-refractivity contribution < 1.29 is 4.74 Å². The molecule has 0 amide bonds. The van der Waals surface area contributed by atoms with Gasteiger partial charge in [0.1, 0.15) is 5.75 Å². The molecule has 2 heteroatoms. The summed E-state index contributed by atoms with van der Waals surface area (Å²) in [6.45, 7) is 3.85. The van der Waals surface area contributed by atoms with Crippen LogP contribution in [0.4, 0.5) is 11.4 Å². The fourth-order valence-electron chi connectivity index (χ4n) is 1.69. The number of methoxy groups -OCH3 is 1. The summed E-state index contributed by atoms with van der Waals surface area (Å²) in [6.07, 6.45) is 1.80. The second kappa shape index (κ2) is 5.21. The molecule has 0 aromatic heterocycles. The molecule has 0 aliphatic rings. The zero-order valence-corrected chi connectivity index (χ0v) is 9.84. The van der Waals surface area contributed by atoms with Crippen LogP contribution in [0.3, 0.4) is 0 Å². The van der Waals surface area contributed by atoms with E-state index in [1.54, 1.807) is 13.3 Å². The summed E-state index contributed by atoms with van der Waals surface area (Å²) >= 11 is 0. The first kappa shape index (κ1) is 11.3. The Labute approximate surface area is 102 Å². The van der Waals surface area contributed by atoms with Crippen molar-refractivity contribution in [2.45, 2.75) is 0 Å². The van der Waals surface area contributed by atoms with E-state index in [2.05, 4.69) is 6.58 Å². The van der Waals surface area contributed by atoms with E-state index in [9.17, 15) is 0 Å². The first-order chi connectivity index (χ1) is 8.35. The Morgan fingerprint density at radius 1 is 0.941 bits per heavy atom. The molecule has 2 rings (SSSR count). The van der Waals surface area contributed by atoms with Gasteiger partial charge in [-0.2, -0.15) is 0 Å². The van der Waals surface area contributed by atoms with Crippen LogP contribution in [0.2, 0.25) is 0 Å².